The molecule has 1 aromatic carbocycles. The molecular formula is C17H28N2. The van der Waals surface area contributed by atoms with Gasteiger partial charge in [-0.15, -0.1) is 0 Å². The molecule has 2 N–H and O–H groups in total. The molecule has 1 saturated heterocycles. The summed E-state index contributed by atoms with van der Waals surface area (Å²) in [5, 5.41) is 0. The lowest BCUT2D eigenvalue weighted by molar-refractivity contribution is 0.111. The molecule has 0 aliphatic carbocycles. The van der Waals surface area contributed by atoms with Gasteiger partial charge in [0.15, 0.2) is 0 Å². The monoisotopic (exact) mass is 260 g/mol. The van der Waals surface area contributed by atoms with Crippen molar-refractivity contribution in [2.45, 2.75) is 39.2 Å². The first-order valence-corrected chi connectivity index (χ1v) is 7.68. The number of benzene rings is 1. The van der Waals surface area contributed by atoms with Gasteiger partial charge in [-0.1, -0.05) is 37.3 Å². The van der Waals surface area contributed by atoms with E-state index >= 15 is 0 Å². The van der Waals surface area contributed by atoms with Crippen LogP contribution in [-0.4, -0.2) is 30.6 Å². The standard InChI is InChI=1S/C17H28N2/c1-14(13-18)15(2)19-10-8-17(9-11-19)12-16-6-4-3-5-7-16/h3-7,14-15,17H,8-13,18H2,1-2H3. The molecule has 1 aliphatic rings. The summed E-state index contributed by atoms with van der Waals surface area (Å²) in [6, 6.07) is 11.5. The van der Waals surface area contributed by atoms with Crippen LogP contribution in [-0.2, 0) is 6.42 Å². The Bertz CT molecular complexity index is 355. The molecule has 0 bridgehead atoms. The van der Waals surface area contributed by atoms with E-state index in [1.165, 1.54) is 37.9 Å². The average Bonchev–Trinajstić information content (AvgIpc) is 2.47. The summed E-state index contributed by atoms with van der Waals surface area (Å²) in [4.78, 5) is 2.62. The quantitative estimate of drug-likeness (QED) is 0.882. The van der Waals surface area contributed by atoms with Crippen LogP contribution in [0, 0.1) is 11.8 Å². The summed E-state index contributed by atoms with van der Waals surface area (Å²) in [6.07, 6.45) is 3.91. The van der Waals surface area contributed by atoms with Gasteiger partial charge in [0.05, 0.1) is 0 Å². The van der Waals surface area contributed by atoms with E-state index in [9.17, 15) is 0 Å². The Labute approximate surface area is 118 Å². The van der Waals surface area contributed by atoms with E-state index in [-0.39, 0.29) is 0 Å². The average molecular weight is 260 g/mol. The third-order valence-electron chi connectivity index (χ3n) is 4.79. The van der Waals surface area contributed by atoms with Crippen molar-refractivity contribution >= 4 is 0 Å². The Morgan fingerprint density at radius 1 is 1.16 bits per heavy atom. The van der Waals surface area contributed by atoms with E-state index in [4.69, 9.17) is 5.73 Å². The predicted octanol–water partition coefficient (Wildman–Crippen LogP) is 2.92. The maximum atomic E-state index is 5.78. The first-order valence-electron chi connectivity index (χ1n) is 7.68. The van der Waals surface area contributed by atoms with Crippen LogP contribution in [0.25, 0.3) is 0 Å². The van der Waals surface area contributed by atoms with E-state index in [1.54, 1.807) is 0 Å². The molecule has 19 heavy (non-hydrogen) atoms. The molecular weight excluding hydrogens is 232 g/mol. The minimum Gasteiger partial charge on any atom is -0.330 e. The molecule has 1 fully saturated rings. The lowest BCUT2D eigenvalue weighted by Gasteiger charge is -2.38. The van der Waals surface area contributed by atoms with E-state index in [0.29, 0.717) is 12.0 Å². The van der Waals surface area contributed by atoms with Gasteiger partial charge in [0, 0.05) is 6.04 Å². The molecule has 0 radical (unpaired) electrons. The number of rotatable bonds is 5. The lowest BCUT2D eigenvalue weighted by atomic mass is 9.88. The molecule has 2 nitrogen and oxygen atoms in total. The predicted molar refractivity (Wildman–Crippen MR) is 82.1 cm³/mol. The minimum absolute atomic E-state index is 0.602. The zero-order valence-corrected chi connectivity index (χ0v) is 12.4. The minimum atomic E-state index is 0.602. The van der Waals surface area contributed by atoms with Crippen molar-refractivity contribution < 1.29 is 0 Å². The number of piperidine rings is 1. The Morgan fingerprint density at radius 2 is 1.79 bits per heavy atom. The second kappa shape index (κ2) is 7.06. The molecule has 2 unspecified atom stereocenters. The summed E-state index contributed by atoms with van der Waals surface area (Å²) in [5.74, 6) is 1.46. The van der Waals surface area contributed by atoms with E-state index in [0.717, 1.165) is 12.5 Å². The largest absolute Gasteiger partial charge is 0.330 e. The summed E-state index contributed by atoms with van der Waals surface area (Å²) >= 11 is 0. The van der Waals surface area contributed by atoms with Crippen LogP contribution in [0.15, 0.2) is 30.3 Å². The third-order valence-corrected chi connectivity index (χ3v) is 4.79. The Hall–Kier alpha value is -0.860. The van der Waals surface area contributed by atoms with Crippen LogP contribution in [0.2, 0.25) is 0 Å². The van der Waals surface area contributed by atoms with Crippen LogP contribution in [0.1, 0.15) is 32.3 Å². The van der Waals surface area contributed by atoms with Gasteiger partial charge < -0.3 is 10.6 Å². The molecule has 1 aliphatic heterocycles. The number of nitrogens with two attached hydrogens (primary N) is 1. The van der Waals surface area contributed by atoms with Crippen LogP contribution in [0.3, 0.4) is 0 Å². The van der Waals surface area contributed by atoms with Crippen LogP contribution < -0.4 is 5.73 Å². The SMILES string of the molecule is CC(CN)C(C)N1CCC(Cc2ccccc2)CC1. The fraction of sp³-hybridized carbons (Fsp3) is 0.647. The van der Waals surface area contributed by atoms with Gasteiger partial charge in [-0.3, -0.25) is 0 Å². The second-order valence-corrected chi connectivity index (χ2v) is 6.12. The second-order valence-electron chi connectivity index (χ2n) is 6.12. The van der Waals surface area contributed by atoms with Crippen molar-refractivity contribution in [3.05, 3.63) is 35.9 Å². The van der Waals surface area contributed by atoms with Gasteiger partial charge >= 0.3 is 0 Å². The molecule has 0 spiro atoms. The fourth-order valence-corrected chi connectivity index (χ4v) is 3.07. The molecule has 0 saturated carbocycles. The van der Waals surface area contributed by atoms with Crippen molar-refractivity contribution in [1.29, 1.82) is 0 Å². The fourth-order valence-electron chi connectivity index (χ4n) is 3.07. The van der Waals surface area contributed by atoms with Gasteiger partial charge in [0.2, 0.25) is 0 Å². The smallest absolute Gasteiger partial charge is 0.0105 e. The molecule has 2 rings (SSSR count). The number of likely N-dealkylation sites (tertiary alicyclic amines) is 1. The Morgan fingerprint density at radius 3 is 2.37 bits per heavy atom. The number of hydrogen-bond donors (Lipinski definition) is 1. The van der Waals surface area contributed by atoms with Crippen molar-refractivity contribution in [2.24, 2.45) is 17.6 Å². The van der Waals surface area contributed by atoms with Crippen molar-refractivity contribution in [1.82, 2.24) is 4.90 Å². The highest BCUT2D eigenvalue weighted by Gasteiger charge is 2.25. The highest BCUT2D eigenvalue weighted by Crippen LogP contribution is 2.24. The summed E-state index contributed by atoms with van der Waals surface area (Å²) < 4.78 is 0. The number of hydrogen-bond acceptors (Lipinski definition) is 2. The highest BCUT2D eigenvalue weighted by molar-refractivity contribution is 5.15. The van der Waals surface area contributed by atoms with Gasteiger partial charge in [-0.25, -0.2) is 0 Å². The first-order chi connectivity index (χ1) is 9.20. The van der Waals surface area contributed by atoms with Gasteiger partial charge in [0.1, 0.15) is 0 Å². The van der Waals surface area contributed by atoms with E-state index in [1.807, 2.05) is 0 Å². The van der Waals surface area contributed by atoms with Gasteiger partial charge in [-0.2, -0.15) is 0 Å². The molecule has 0 amide bonds. The van der Waals surface area contributed by atoms with Crippen LogP contribution >= 0.6 is 0 Å². The molecule has 1 aromatic rings. The van der Waals surface area contributed by atoms with Crippen molar-refractivity contribution in [3.8, 4) is 0 Å². The van der Waals surface area contributed by atoms with Crippen LogP contribution in [0.4, 0.5) is 0 Å². The van der Waals surface area contributed by atoms with E-state index in [2.05, 4.69) is 49.1 Å². The Kier molecular flexibility index (Phi) is 5.41. The summed E-state index contributed by atoms with van der Waals surface area (Å²) in [6.45, 7) is 7.87. The van der Waals surface area contributed by atoms with Crippen molar-refractivity contribution in [3.63, 3.8) is 0 Å². The Balaban J connectivity index is 1.79. The molecule has 2 atom stereocenters. The lowest BCUT2D eigenvalue weighted by Crippen LogP contribution is -2.44. The van der Waals surface area contributed by atoms with Crippen molar-refractivity contribution in [2.75, 3.05) is 19.6 Å². The maximum Gasteiger partial charge on any atom is 0.0105 e. The summed E-state index contributed by atoms with van der Waals surface area (Å²) in [5.41, 5.74) is 7.27. The van der Waals surface area contributed by atoms with Gasteiger partial charge in [-0.05, 0) is 63.2 Å². The molecule has 106 valence electrons. The zero-order valence-electron chi connectivity index (χ0n) is 12.4. The van der Waals surface area contributed by atoms with Gasteiger partial charge in [0.25, 0.3) is 0 Å². The normalized spacial score (nSPS) is 21.2. The highest BCUT2D eigenvalue weighted by atomic mass is 15.2. The number of nitrogens with zero attached hydrogens (tertiary/aromatic N) is 1. The first kappa shape index (κ1) is 14.5. The maximum absolute atomic E-state index is 5.78. The topological polar surface area (TPSA) is 29.3 Å². The molecule has 1 heterocycles. The molecule has 2 heteroatoms. The third kappa shape index (κ3) is 4.05. The van der Waals surface area contributed by atoms with E-state index < -0.39 is 0 Å². The summed E-state index contributed by atoms with van der Waals surface area (Å²) in [7, 11) is 0. The molecule has 0 aromatic heterocycles. The van der Waals surface area contributed by atoms with Crippen LogP contribution in [0.5, 0.6) is 0 Å². The zero-order chi connectivity index (χ0) is 13.7.